The number of hydrogen-bond donors (Lipinski definition) is 4. The summed E-state index contributed by atoms with van der Waals surface area (Å²) < 4.78 is 0. The highest BCUT2D eigenvalue weighted by Crippen LogP contribution is 2.36. The first-order valence-electron chi connectivity index (χ1n) is 13.3. The topological polar surface area (TPSA) is 118 Å². The van der Waals surface area contributed by atoms with Crippen LogP contribution in [0.1, 0.15) is 56.9 Å². The molecule has 3 heterocycles. The van der Waals surface area contributed by atoms with Crippen LogP contribution in [0.15, 0.2) is 60.5 Å². The van der Waals surface area contributed by atoms with Gasteiger partial charge < -0.3 is 16.0 Å². The van der Waals surface area contributed by atoms with Crippen molar-refractivity contribution in [1.82, 2.24) is 20.2 Å². The number of primary amides is 1. The fourth-order valence-electron chi connectivity index (χ4n) is 5.97. The van der Waals surface area contributed by atoms with Crippen molar-refractivity contribution in [3.05, 3.63) is 66.0 Å². The molecule has 1 unspecified atom stereocenters. The number of aromatic nitrogens is 2. The van der Waals surface area contributed by atoms with Crippen LogP contribution in [0.2, 0.25) is 0 Å². The molecule has 1 aliphatic heterocycles. The molecular formula is C29H37N6O2+. The van der Waals surface area contributed by atoms with Crippen molar-refractivity contribution in [3.8, 4) is 0 Å². The lowest BCUT2D eigenvalue weighted by Crippen LogP contribution is -2.81. The first-order valence-corrected chi connectivity index (χ1v) is 13.3. The van der Waals surface area contributed by atoms with E-state index in [1.165, 1.54) is 5.56 Å². The van der Waals surface area contributed by atoms with E-state index in [1.807, 2.05) is 42.3 Å². The van der Waals surface area contributed by atoms with Gasteiger partial charge in [-0.3, -0.25) is 9.78 Å². The molecule has 5 N–H and O–H groups in total. The number of carbonyl (C=O) groups is 2. The summed E-state index contributed by atoms with van der Waals surface area (Å²) in [6, 6.07) is 3.81. The standard InChI is InChI=1S/C29H36N6O2/c1-18-5-8-23(16-19(18)2)34-29(37)35-14-11-21(12-15-35)26(28(30)36)33-22-9-6-20(7-10-22)24-17-32-25-4-3-13-31-27(24)25/h3-5,8,13,16-17,20-22,26,32-33H,1,6-7,9-12,14-15H2,2H3,(H2,30,36)/p+1. The number of pyridine rings is 1. The maximum Gasteiger partial charge on any atom is 0.491 e. The molecule has 5 rings (SSSR count). The number of amides is 3. The Morgan fingerprint density at radius 3 is 2.65 bits per heavy atom. The maximum absolute atomic E-state index is 12.8. The largest absolute Gasteiger partial charge is 0.491 e. The molecule has 3 amide bonds. The third-order valence-corrected chi connectivity index (χ3v) is 8.25. The van der Waals surface area contributed by atoms with Gasteiger partial charge in [-0.2, -0.15) is 4.79 Å². The van der Waals surface area contributed by atoms with Gasteiger partial charge in [0.05, 0.1) is 30.2 Å². The van der Waals surface area contributed by atoms with Gasteiger partial charge in [0.25, 0.3) is 0 Å². The van der Waals surface area contributed by atoms with Gasteiger partial charge in [-0.1, -0.05) is 12.7 Å². The van der Waals surface area contributed by atoms with E-state index in [4.69, 9.17) is 5.73 Å². The third-order valence-electron chi connectivity index (χ3n) is 8.25. The molecule has 0 radical (unpaired) electrons. The highest BCUT2D eigenvalue weighted by Gasteiger charge is 2.36. The number of rotatable bonds is 5. The number of fused-ring (bicyclic) bond motifs is 1. The van der Waals surface area contributed by atoms with Crippen LogP contribution in [-0.2, 0) is 4.79 Å². The molecule has 1 saturated heterocycles. The minimum Gasteiger partial charge on any atom is -0.368 e. The number of hydrogen-bond acceptors (Lipinski definition) is 4. The average molecular weight is 502 g/mol. The minimum atomic E-state index is -0.367. The predicted molar refractivity (Wildman–Crippen MR) is 145 cm³/mol. The van der Waals surface area contributed by atoms with Crippen LogP contribution >= 0.6 is 0 Å². The number of piperidine rings is 1. The van der Waals surface area contributed by atoms with E-state index in [0.717, 1.165) is 66.4 Å². The van der Waals surface area contributed by atoms with Gasteiger partial charge in [0.2, 0.25) is 5.91 Å². The van der Waals surface area contributed by atoms with Gasteiger partial charge in [-0.15, -0.1) is 0 Å². The Morgan fingerprint density at radius 1 is 1.19 bits per heavy atom. The molecule has 8 heteroatoms. The molecule has 1 saturated carbocycles. The number of likely N-dealkylation sites (tertiary alicyclic amines) is 1. The van der Waals surface area contributed by atoms with E-state index in [9.17, 15) is 9.59 Å². The lowest BCUT2D eigenvalue weighted by molar-refractivity contribution is -0.354. The molecule has 2 fully saturated rings. The molecule has 8 nitrogen and oxygen atoms in total. The molecular weight excluding hydrogens is 464 g/mol. The van der Waals surface area contributed by atoms with E-state index < -0.39 is 0 Å². The van der Waals surface area contributed by atoms with Crippen LogP contribution in [0.25, 0.3) is 11.0 Å². The van der Waals surface area contributed by atoms with Crippen molar-refractivity contribution in [2.24, 2.45) is 11.7 Å². The number of aromatic amines is 1. The van der Waals surface area contributed by atoms with Crippen LogP contribution in [0.3, 0.4) is 0 Å². The summed E-state index contributed by atoms with van der Waals surface area (Å²) in [5.41, 5.74) is 12.1. The van der Waals surface area contributed by atoms with Crippen molar-refractivity contribution < 1.29 is 14.6 Å². The first-order chi connectivity index (χ1) is 17.9. The lowest BCUT2D eigenvalue weighted by atomic mass is 9.81. The summed E-state index contributed by atoms with van der Waals surface area (Å²) >= 11 is 0. The van der Waals surface area contributed by atoms with E-state index in [0.29, 0.717) is 19.0 Å². The molecule has 0 bridgehead atoms. The normalized spacial score (nSPS) is 24.9. The van der Waals surface area contributed by atoms with Crippen LogP contribution in [0, 0.1) is 5.92 Å². The van der Waals surface area contributed by atoms with Crippen LogP contribution < -0.4 is 16.0 Å². The molecule has 194 valence electrons. The number of H-pyrrole nitrogens is 1. The number of carbonyl (C=O) groups excluding carboxylic acids is 2. The van der Waals surface area contributed by atoms with Crippen LogP contribution in [0.5, 0.6) is 0 Å². The second-order valence-corrected chi connectivity index (χ2v) is 10.6. The Balaban J connectivity index is 1.14. The molecule has 0 aromatic carbocycles. The number of urea groups is 1. The highest BCUT2D eigenvalue weighted by molar-refractivity contribution is 6.04. The zero-order chi connectivity index (χ0) is 25.9. The van der Waals surface area contributed by atoms with Gasteiger partial charge in [0.1, 0.15) is 5.71 Å². The Kier molecular flexibility index (Phi) is 7.37. The van der Waals surface area contributed by atoms with Gasteiger partial charge in [0, 0.05) is 18.4 Å². The quantitative estimate of drug-likeness (QED) is 0.503. The monoisotopic (exact) mass is 501 g/mol. The minimum absolute atomic E-state index is 0.108. The van der Waals surface area contributed by atoms with Crippen molar-refractivity contribution in [2.75, 3.05) is 13.1 Å². The summed E-state index contributed by atoms with van der Waals surface area (Å²) in [6.45, 7) is 7.16. The number of nitrogens with two attached hydrogens (primary N) is 1. The zero-order valence-corrected chi connectivity index (χ0v) is 21.5. The molecule has 2 aliphatic carbocycles. The summed E-state index contributed by atoms with van der Waals surface area (Å²) in [7, 11) is 0. The van der Waals surface area contributed by atoms with Crippen LogP contribution in [-0.4, -0.2) is 57.7 Å². The van der Waals surface area contributed by atoms with Gasteiger partial charge >= 0.3 is 6.03 Å². The van der Waals surface area contributed by atoms with Crippen molar-refractivity contribution in [3.63, 3.8) is 0 Å². The first kappa shape index (κ1) is 25.1. The van der Waals surface area contributed by atoms with Crippen LogP contribution in [0.4, 0.5) is 4.79 Å². The van der Waals surface area contributed by atoms with Gasteiger partial charge in [0.15, 0.2) is 0 Å². The Hall–Kier alpha value is -3.52. The molecule has 2 aromatic heterocycles. The summed E-state index contributed by atoms with van der Waals surface area (Å²) in [5.74, 6) is 0.309. The van der Waals surface area contributed by atoms with E-state index in [-0.39, 0.29) is 29.9 Å². The molecule has 2 aromatic rings. The molecule has 37 heavy (non-hydrogen) atoms. The highest BCUT2D eigenvalue weighted by atomic mass is 16.2. The molecule has 1 atom stereocenters. The molecule has 0 spiro atoms. The van der Waals surface area contributed by atoms with Gasteiger partial charge in [-0.05, 0) is 98.3 Å². The zero-order valence-electron chi connectivity index (χ0n) is 21.5. The number of nitrogens with zero attached hydrogens (tertiary/aromatic N) is 2. The Bertz CT molecular complexity index is 1270. The summed E-state index contributed by atoms with van der Waals surface area (Å²) in [6.07, 6.45) is 15.3. The summed E-state index contributed by atoms with van der Waals surface area (Å²) in [5, 5.41) is 3.60. The van der Waals surface area contributed by atoms with Gasteiger partial charge in [-0.25, -0.2) is 9.89 Å². The fourth-order valence-corrected chi connectivity index (χ4v) is 5.97. The average Bonchev–Trinajstić information content (AvgIpc) is 3.34. The van der Waals surface area contributed by atoms with Crippen molar-refractivity contribution in [2.45, 2.75) is 63.5 Å². The SMILES string of the molecule is C=C1C=CC(=[NH+]C(=O)N2CCC(C(NC3CCC(c4c[nH]c5cccnc45)CC3)C(N)=O)CC2)C=C1C. The van der Waals surface area contributed by atoms with E-state index in [1.54, 1.807) is 0 Å². The fraction of sp³-hybridized carbons (Fsp3) is 0.448. The van der Waals surface area contributed by atoms with E-state index >= 15 is 0 Å². The second kappa shape index (κ2) is 10.8. The number of nitrogens with one attached hydrogen (secondary N) is 3. The third kappa shape index (κ3) is 5.59. The van der Waals surface area contributed by atoms with Crippen molar-refractivity contribution in [1.29, 1.82) is 0 Å². The Morgan fingerprint density at radius 2 is 1.95 bits per heavy atom. The predicted octanol–water partition coefficient (Wildman–Crippen LogP) is 2.46. The Labute approximate surface area is 217 Å². The number of allylic oxidation sites excluding steroid dienone is 5. The van der Waals surface area contributed by atoms with E-state index in [2.05, 4.69) is 39.1 Å². The lowest BCUT2D eigenvalue weighted by Gasteiger charge is -2.36. The maximum atomic E-state index is 12.8. The smallest absolute Gasteiger partial charge is 0.368 e. The van der Waals surface area contributed by atoms with Crippen molar-refractivity contribution >= 4 is 28.7 Å². The summed E-state index contributed by atoms with van der Waals surface area (Å²) in [4.78, 5) is 37.9. The molecule has 3 aliphatic rings. The second-order valence-electron chi connectivity index (χ2n) is 10.6.